The average Bonchev–Trinajstić information content (AvgIpc) is 2.10. The molecule has 1 unspecified atom stereocenters. The van der Waals surface area contributed by atoms with Gasteiger partial charge in [-0.05, 0) is 9.24 Å². The molecule has 1 atom stereocenters. The molecule has 1 aromatic heterocycles. The van der Waals surface area contributed by atoms with Gasteiger partial charge in [0, 0.05) is 0 Å². The maximum Gasteiger partial charge on any atom is 0.314 e. The first-order valence-corrected chi connectivity index (χ1v) is 2.72. The standard InChI is InChI=1S/C4H4NO3P/c6-1-2-3(7)8-4(9)5-2/h1,7H,9H2. The Hall–Kier alpha value is -0.890. The molecule has 1 heterocycles. The molecular weight excluding hydrogens is 141 g/mol. The van der Waals surface area contributed by atoms with E-state index < -0.39 is 5.95 Å². The van der Waals surface area contributed by atoms with Crippen LogP contribution in [-0.2, 0) is 0 Å². The molecule has 0 saturated carbocycles. The second kappa shape index (κ2) is 2.15. The van der Waals surface area contributed by atoms with Crippen molar-refractivity contribution < 1.29 is 14.3 Å². The fraction of sp³-hybridized carbons (Fsp3) is 0. The van der Waals surface area contributed by atoms with Crippen LogP contribution >= 0.6 is 9.24 Å². The summed E-state index contributed by atoms with van der Waals surface area (Å²) in [7, 11) is 2.12. The van der Waals surface area contributed by atoms with E-state index in [-0.39, 0.29) is 11.3 Å². The lowest BCUT2D eigenvalue weighted by Crippen LogP contribution is -1.88. The molecule has 0 amide bonds. The summed E-state index contributed by atoms with van der Waals surface area (Å²) in [5.41, 5.74) is 0.134. The zero-order valence-corrected chi connectivity index (χ0v) is 5.52. The minimum atomic E-state index is -0.435. The minimum absolute atomic E-state index is 0.0694. The van der Waals surface area contributed by atoms with Crippen molar-refractivity contribution >= 4 is 21.2 Å². The Bertz CT molecular complexity index is 232. The van der Waals surface area contributed by atoms with Gasteiger partial charge in [0.15, 0.2) is 12.0 Å². The highest BCUT2D eigenvalue weighted by Crippen LogP contribution is 2.10. The summed E-state index contributed by atoms with van der Waals surface area (Å²) < 4.78 is 4.48. The predicted octanol–water partition coefficient (Wildman–Crippen LogP) is -0.307. The lowest BCUT2D eigenvalue weighted by atomic mass is 10.5. The first-order valence-electron chi connectivity index (χ1n) is 2.14. The van der Waals surface area contributed by atoms with E-state index in [9.17, 15) is 4.79 Å². The second-order valence-corrected chi connectivity index (χ2v) is 1.85. The van der Waals surface area contributed by atoms with Gasteiger partial charge in [-0.15, -0.1) is 0 Å². The normalized spacial score (nSPS) is 9.44. The molecule has 48 valence electrons. The Morgan fingerprint density at radius 1 is 1.78 bits per heavy atom. The van der Waals surface area contributed by atoms with Gasteiger partial charge >= 0.3 is 5.95 Å². The maximum absolute atomic E-state index is 9.95. The van der Waals surface area contributed by atoms with Crippen LogP contribution < -0.4 is 5.63 Å². The van der Waals surface area contributed by atoms with Crippen LogP contribution in [0.4, 0.5) is 0 Å². The zero-order valence-electron chi connectivity index (χ0n) is 4.37. The maximum atomic E-state index is 9.95. The van der Waals surface area contributed by atoms with Crippen LogP contribution in [0, 0.1) is 0 Å². The highest BCUT2D eigenvalue weighted by molar-refractivity contribution is 7.26. The molecule has 0 bridgehead atoms. The predicted molar refractivity (Wildman–Crippen MR) is 32.9 cm³/mol. The van der Waals surface area contributed by atoms with Gasteiger partial charge in [0.05, 0.1) is 0 Å². The topological polar surface area (TPSA) is 63.3 Å². The van der Waals surface area contributed by atoms with Crippen molar-refractivity contribution in [2.75, 3.05) is 0 Å². The average molecular weight is 145 g/mol. The van der Waals surface area contributed by atoms with E-state index >= 15 is 0 Å². The second-order valence-electron chi connectivity index (χ2n) is 1.36. The Labute approximate surface area is 53.1 Å². The first-order chi connectivity index (χ1) is 4.24. The highest BCUT2D eigenvalue weighted by atomic mass is 31.0. The molecular formula is C4H4NO3P. The van der Waals surface area contributed by atoms with Gasteiger partial charge in [0.2, 0.25) is 5.63 Å². The van der Waals surface area contributed by atoms with Crippen molar-refractivity contribution in [1.82, 2.24) is 4.98 Å². The summed E-state index contributed by atoms with van der Waals surface area (Å²) in [6.45, 7) is 0. The lowest BCUT2D eigenvalue weighted by Gasteiger charge is -1.75. The molecule has 0 aliphatic carbocycles. The van der Waals surface area contributed by atoms with Gasteiger partial charge in [-0.1, -0.05) is 0 Å². The molecule has 0 spiro atoms. The molecule has 1 rings (SSSR count). The number of nitrogens with zero attached hydrogens (tertiary/aromatic N) is 1. The van der Waals surface area contributed by atoms with Crippen molar-refractivity contribution in [1.29, 1.82) is 0 Å². The molecule has 1 N–H and O–H groups in total. The van der Waals surface area contributed by atoms with Crippen LogP contribution in [0.3, 0.4) is 0 Å². The number of oxazole rings is 1. The van der Waals surface area contributed by atoms with Gasteiger partial charge in [-0.2, -0.15) is 0 Å². The van der Waals surface area contributed by atoms with Crippen LogP contribution in [0.25, 0.3) is 0 Å². The quantitative estimate of drug-likeness (QED) is 0.435. The third-order valence-corrected chi connectivity index (χ3v) is 1.01. The van der Waals surface area contributed by atoms with Crippen molar-refractivity contribution in [2.45, 2.75) is 0 Å². The van der Waals surface area contributed by atoms with Gasteiger partial charge in [0.1, 0.15) is 0 Å². The fourth-order valence-electron chi connectivity index (χ4n) is 0.417. The number of carbonyl (C=O) groups excluding carboxylic acids is 1. The monoisotopic (exact) mass is 145 g/mol. The van der Waals surface area contributed by atoms with Gasteiger partial charge in [0.25, 0.3) is 0 Å². The summed E-state index contributed by atoms with van der Waals surface area (Å²) in [6.07, 6.45) is 0.423. The Kier molecular flexibility index (Phi) is 1.49. The fourth-order valence-corrected chi connectivity index (χ4v) is 0.668. The van der Waals surface area contributed by atoms with Gasteiger partial charge in [-0.25, -0.2) is 4.98 Å². The molecule has 0 saturated heterocycles. The van der Waals surface area contributed by atoms with Crippen LogP contribution in [-0.4, -0.2) is 16.4 Å². The van der Waals surface area contributed by atoms with E-state index in [1.165, 1.54) is 0 Å². The molecule has 0 radical (unpaired) electrons. The van der Waals surface area contributed by atoms with Gasteiger partial charge in [-0.3, -0.25) is 4.79 Å². The third kappa shape index (κ3) is 1.08. The molecule has 0 aromatic carbocycles. The van der Waals surface area contributed by atoms with E-state index in [0.717, 1.165) is 0 Å². The number of hydrogen-bond acceptors (Lipinski definition) is 4. The number of aldehydes is 1. The third-order valence-electron chi connectivity index (χ3n) is 0.763. The smallest absolute Gasteiger partial charge is 0.314 e. The van der Waals surface area contributed by atoms with Crippen LogP contribution in [0.5, 0.6) is 5.95 Å². The van der Waals surface area contributed by atoms with Crippen LogP contribution in [0.1, 0.15) is 10.5 Å². The Balaban J connectivity index is 3.15. The highest BCUT2D eigenvalue weighted by Gasteiger charge is 2.06. The lowest BCUT2D eigenvalue weighted by molar-refractivity contribution is 0.111. The van der Waals surface area contributed by atoms with E-state index in [2.05, 4.69) is 18.6 Å². The number of rotatable bonds is 1. The SMILES string of the molecule is O=Cc1nc(P)oc1O. The number of carbonyl (C=O) groups is 1. The van der Waals surface area contributed by atoms with E-state index in [1.807, 2.05) is 0 Å². The molecule has 0 aliphatic heterocycles. The number of aromatic nitrogens is 1. The summed E-state index contributed by atoms with van der Waals surface area (Å²) >= 11 is 0. The molecule has 5 heteroatoms. The zero-order chi connectivity index (χ0) is 6.85. The van der Waals surface area contributed by atoms with Crippen molar-refractivity contribution in [3.63, 3.8) is 0 Å². The Morgan fingerprint density at radius 3 is 2.67 bits per heavy atom. The summed E-state index contributed by atoms with van der Waals surface area (Å²) in [6, 6.07) is 0. The van der Waals surface area contributed by atoms with Crippen molar-refractivity contribution in [3.05, 3.63) is 5.69 Å². The van der Waals surface area contributed by atoms with Crippen molar-refractivity contribution in [3.8, 4) is 5.95 Å². The largest absolute Gasteiger partial charge is 0.479 e. The van der Waals surface area contributed by atoms with Crippen molar-refractivity contribution in [2.24, 2.45) is 0 Å². The molecule has 0 fully saturated rings. The van der Waals surface area contributed by atoms with Crippen LogP contribution in [0.15, 0.2) is 4.42 Å². The van der Waals surface area contributed by atoms with Gasteiger partial charge < -0.3 is 9.52 Å². The summed E-state index contributed by atoms with van der Waals surface area (Å²) in [4.78, 5) is 13.5. The molecule has 4 nitrogen and oxygen atoms in total. The number of hydrogen-bond donors (Lipinski definition) is 1. The van der Waals surface area contributed by atoms with E-state index in [4.69, 9.17) is 5.11 Å². The number of aromatic hydroxyl groups is 1. The molecule has 1 aromatic rings. The first kappa shape index (κ1) is 6.23. The van der Waals surface area contributed by atoms with E-state index in [0.29, 0.717) is 6.29 Å². The summed E-state index contributed by atoms with van der Waals surface area (Å²) in [5, 5.41) is 8.66. The van der Waals surface area contributed by atoms with E-state index in [1.54, 1.807) is 0 Å². The molecule has 9 heavy (non-hydrogen) atoms. The van der Waals surface area contributed by atoms with Crippen LogP contribution in [0.2, 0.25) is 0 Å². The minimum Gasteiger partial charge on any atom is -0.479 e. The summed E-state index contributed by atoms with van der Waals surface area (Å²) in [5.74, 6) is -0.435. The molecule has 0 aliphatic rings. The Morgan fingerprint density at radius 2 is 2.44 bits per heavy atom.